The average Bonchev–Trinajstić information content (AvgIpc) is 3.51. The minimum atomic E-state index is -0.0642. The number of rotatable bonds is 8. The second-order valence-electron chi connectivity index (χ2n) is 8.36. The summed E-state index contributed by atoms with van der Waals surface area (Å²) in [5.74, 6) is -0.0642. The first-order valence-corrected chi connectivity index (χ1v) is 11.7. The van der Waals surface area contributed by atoms with Gasteiger partial charge in [0.2, 0.25) is 0 Å². The van der Waals surface area contributed by atoms with Crippen LogP contribution in [0.4, 0.5) is 6.01 Å². The van der Waals surface area contributed by atoms with E-state index in [1.165, 1.54) is 0 Å². The molecule has 5 rings (SSSR count). The highest BCUT2D eigenvalue weighted by Gasteiger charge is 2.24. The van der Waals surface area contributed by atoms with Gasteiger partial charge in [0, 0.05) is 49.2 Å². The van der Waals surface area contributed by atoms with Gasteiger partial charge in [-0.3, -0.25) is 9.78 Å². The van der Waals surface area contributed by atoms with E-state index < -0.39 is 0 Å². The maximum Gasteiger partial charge on any atom is 0.295 e. The molecule has 2 aromatic heterocycles. The lowest BCUT2D eigenvalue weighted by molar-refractivity contribution is 0.0507. The Balaban J connectivity index is 1.33. The van der Waals surface area contributed by atoms with E-state index in [0.29, 0.717) is 47.3 Å². The first-order chi connectivity index (χ1) is 16.6. The number of ether oxygens (including phenoxy) is 1. The second kappa shape index (κ2) is 10.2. The lowest BCUT2D eigenvalue weighted by Gasteiger charge is -2.25. The number of fused-ring (bicyclic) bond motifs is 1. The molecule has 0 saturated carbocycles. The van der Waals surface area contributed by atoms with Crippen molar-refractivity contribution < 1.29 is 13.9 Å². The third-order valence-corrected chi connectivity index (χ3v) is 6.06. The van der Waals surface area contributed by atoms with Gasteiger partial charge in [0.25, 0.3) is 11.9 Å². The number of amides is 1. The first-order valence-electron chi connectivity index (χ1n) is 11.3. The van der Waals surface area contributed by atoms with Crippen LogP contribution in [0.15, 0.2) is 71.4 Å². The van der Waals surface area contributed by atoms with E-state index in [1.54, 1.807) is 30.6 Å². The van der Waals surface area contributed by atoms with Gasteiger partial charge in [-0.15, -0.1) is 0 Å². The highest BCUT2D eigenvalue weighted by atomic mass is 35.5. The molecule has 0 radical (unpaired) electrons. The van der Waals surface area contributed by atoms with Crippen LogP contribution in [0.3, 0.4) is 0 Å². The van der Waals surface area contributed by atoms with E-state index in [1.807, 2.05) is 41.3 Å². The Kier molecular flexibility index (Phi) is 6.74. The van der Waals surface area contributed by atoms with E-state index in [4.69, 9.17) is 20.8 Å². The summed E-state index contributed by atoms with van der Waals surface area (Å²) >= 11 is 6.05. The van der Waals surface area contributed by atoms with Crippen LogP contribution in [0.5, 0.6) is 0 Å². The summed E-state index contributed by atoms with van der Waals surface area (Å²) in [4.78, 5) is 23.9. The Labute approximate surface area is 202 Å². The highest BCUT2D eigenvalue weighted by Crippen LogP contribution is 2.23. The van der Waals surface area contributed by atoms with Crippen molar-refractivity contribution in [2.45, 2.75) is 32.0 Å². The quantitative estimate of drug-likeness (QED) is 0.371. The number of hydrogen-bond acceptors (Lipinski definition) is 6. The Hall–Kier alpha value is -3.42. The molecule has 0 spiro atoms. The molecule has 1 unspecified atom stereocenters. The summed E-state index contributed by atoms with van der Waals surface area (Å²) in [5.41, 5.74) is 3.85. The molecule has 1 aliphatic rings. The van der Waals surface area contributed by atoms with E-state index in [0.717, 1.165) is 30.6 Å². The predicted molar refractivity (Wildman–Crippen MR) is 131 cm³/mol. The van der Waals surface area contributed by atoms with Crippen molar-refractivity contribution in [3.05, 3.63) is 88.7 Å². The van der Waals surface area contributed by atoms with Gasteiger partial charge in [-0.1, -0.05) is 23.7 Å². The Bertz CT molecular complexity index is 1270. The molecule has 174 valence electrons. The maximum atomic E-state index is 13.5. The van der Waals surface area contributed by atoms with Gasteiger partial charge in [0.1, 0.15) is 5.52 Å². The molecule has 1 aliphatic heterocycles. The van der Waals surface area contributed by atoms with E-state index >= 15 is 0 Å². The smallest absolute Gasteiger partial charge is 0.295 e. The van der Waals surface area contributed by atoms with Gasteiger partial charge in [-0.25, -0.2) is 0 Å². The number of hydrogen-bond donors (Lipinski definition) is 1. The van der Waals surface area contributed by atoms with Crippen molar-refractivity contribution in [1.29, 1.82) is 0 Å². The van der Waals surface area contributed by atoms with Gasteiger partial charge < -0.3 is 19.4 Å². The normalized spacial score (nSPS) is 15.5. The van der Waals surface area contributed by atoms with Crippen molar-refractivity contribution in [3.8, 4) is 0 Å². The molecule has 1 fully saturated rings. The molecule has 7 nitrogen and oxygen atoms in total. The summed E-state index contributed by atoms with van der Waals surface area (Å²) in [6.07, 6.45) is 5.53. The van der Waals surface area contributed by atoms with Crippen molar-refractivity contribution in [3.63, 3.8) is 0 Å². The molecule has 1 saturated heterocycles. The zero-order valence-electron chi connectivity index (χ0n) is 18.6. The van der Waals surface area contributed by atoms with Crippen LogP contribution >= 0.6 is 11.6 Å². The number of nitrogens with zero attached hydrogens (tertiary/aromatic N) is 3. The molecule has 1 N–H and O–H groups in total. The number of anilines is 1. The lowest BCUT2D eigenvalue weighted by atomic mass is 10.1. The lowest BCUT2D eigenvalue weighted by Crippen LogP contribution is -2.37. The third-order valence-electron chi connectivity index (χ3n) is 5.83. The number of benzene rings is 2. The van der Waals surface area contributed by atoms with Gasteiger partial charge in [-0.05, 0) is 66.4 Å². The number of oxazole rings is 1. The van der Waals surface area contributed by atoms with Gasteiger partial charge in [-0.2, -0.15) is 4.98 Å². The predicted octanol–water partition coefficient (Wildman–Crippen LogP) is 5.31. The molecular weight excluding hydrogens is 452 g/mol. The zero-order chi connectivity index (χ0) is 23.3. The van der Waals surface area contributed by atoms with Crippen LogP contribution in [-0.2, 0) is 17.8 Å². The summed E-state index contributed by atoms with van der Waals surface area (Å²) in [6.45, 7) is 2.31. The molecular formula is C26H25ClN4O3. The van der Waals surface area contributed by atoms with E-state index in [2.05, 4.69) is 15.3 Å². The van der Waals surface area contributed by atoms with Crippen LogP contribution in [0.25, 0.3) is 11.1 Å². The minimum Gasteiger partial charge on any atom is -0.424 e. The second-order valence-corrected chi connectivity index (χ2v) is 8.80. The van der Waals surface area contributed by atoms with E-state index in [-0.39, 0.29) is 12.0 Å². The van der Waals surface area contributed by atoms with Crippen molar-refractivity contribution in [1.82, 2.24) is 14.9 Å². The summed E-state index contributed by atoms with van der Waals surface area (Å²) in [7, 11) is 0. The summed E-state index contributed by atoms with van der Waals surface area (Å²) in [5, 5.41) is 3.86. The van der Waals surface area contributed by atoms with Crippen LogP contribution in [-0.4, -0.2) is 40.0 Å². The monoisotopic (exact) mass is 476 g/mol. The Morgan fingerprint density at radius 2 is 2.00 bits per heavy atom. The third kappa shape index (κ3) is 5.38. The number of carbonyl (C=O) groups excluding carboxylic acids is 1. The molecule has 4 aromatic rings. The van der Waals surface area contributed by atoms with Crippen molar-refractivity contribution >= 4 is 34.6 Å². The molecule has 8 heteroatoms. The number of pyridine rings is 1. The Morgan fingerprint density at radius 1 is 1.12 bits per heavy atom. The minimum absolute atomic E-state index is 0.0591. The fraction of sp³-hybridized carbons (Fsp3) is 0.269. The zero-order valence-corrected chi connectivity index (χ0v) is 19.4. The van der Waals surface area contributed by atoms with Gasteiger partial charge in [0.05, 0.1) is 6.10 Å². The van der Waals surface area contributed by atoms with Crippen molar-refractivity contribution in [2.75, 3.05) is 18.5 Å². The molecule has 2 aromatic carbocycles. The van der Waals surface area contributed by atoms with Crippen LogP contribution < -0.4 is 5.32 Å². The summed E-state index contributed by atoms with van der Waals surface area (Å²) < 4.78 is 11.6. The highest BCUT2D eigenvalue weighted by molar-refractivity contribution is 6.30. The van der Waals surface area contributed by atoms with Crippen LogP contribution in [0, 0.1) is 0 Å². The molecule has 1 atom stereocenters. The fourth-order valence-electron chi connectivity index (χ4n) is 4.11. The first kappa shape index (κ1) is 22.4. The van der Waals surface area contributed by atoms with Crippen LogP contribution in [0.1, 0.15) is 34.3 Å². The SMILES string of the molecule is O=C(c1ccc2oc(NCc3cccc(Cl)c3)nc2c1)N(Cc1ccncc1)CC1CCCO1. The van der Waals surface area contributed by atoms with Crippen LogP contribution in [0.2, 0.25) is 5.02 Å². The molecule has 34 heavy (non-hydrogen) atoms. The number of nitrogens with one attached hydrogen (secondary N) is 1. The summed E-state index contributed by atoms with van der Waals surface area (Å²) in [6, 6.07) is 17.2. The number of aromatic nitrogens is 2. The number of halogens is 1. The van der Waals surface area contributed by atoms with Crippen molar-refractivity contribution in [2.24, 2.45) is 0 Å². The maximum absolute atomic E-state index is 13.5. The molecule has 3 heterocycles. The fourth-order valence-corrected chi connectivity index (χ4v) is 4.32. The average molecular weight is 477 g/mol. The molecule has 1 amide bonds. The Morgan fingerprint density at radius 3 is 2.79 bits per heavy atom. The van der Waals surface area contributed by atoms with E-state index in [9.17, 15) is 4.79 Å². The molecule has 0 bridgehead atoms. The largest absolute Gasteiger partial charge is 0.424 e. The topological polar surface area (TPSA) is 80.5 Å². The van der Waals surface area contributed by atoms with Gasteiger partial charge >= 0.3 is 0 Å². The van der Waals surface area contributed by atoms with Gasteiger partial charge in [0.15, 0.2) is 5.58 Å². The molecule has 0 aliphatic carbocycles. The number of carbonyl (C=O) groups is 1. The standard InChI is InChI=1S/C26H25ClN4O3/c27-21-4-1-3-19(13-21)15-29-26-30-23-14-20(6-7-24(23)34-26)25(32)31(17-22-5-2-12-33-22)16-18-8-10-28-11-9-18/h1,3-4,6-11,13-14,22H,2,5,12,15-17H2,(H,29,30).